The number of hydrogen-bond donors (Lipinski definition) is 1. The van der Waals surface area contributed by atoms with Gasteiger partial charge in [0.1, 0.15) is 29.0 Å². The summed E-state index contributed by atoms with van der Waals surface area (Å²) in [6.45, 7) is 0.457. The SMILES string of the molecule is O=C(Nc1nn(Cc2cccc(F)c2)cc1Cl)c1ccc(COc2ccc(Cl)cc2)o1. The van der Waals surface area contributed by atoms with E-state index in [4.69, 9.17) is 32.4 Å². The number of anilines is 1. The molecular formula is C22H16Cl2FN3O3. The summed E-state index contributed by atoms with van der Waals surface area (Å²) < 4.78 is 26.0. The second-order valence-corrected chi connectivity index (χ2v) is 7.46. The van der Waals surface area contributed by atoms with E-state index < -0.39 is 5.91 Å². The average Bonchev–Trinajstić information content (AvgIpc) is 3.34. The highest BCUT2D eigenvalue weighted by Gasteiger charge is 2.16. The van der Waals surface area contributed by atoms with Gasteiger partial charge in [-0.3, -0.25) is 9.48 Å². The minimum atomic E-state index is -0.504. The quantitative estimate of drug-likeness (QED) is 0.379. The van der Waals surface area contributed by atoms with Crippen LogP contribution in [0.25, 0.3) is 0 Å². The Bertz CT molecular complexity index is 1200. The van der Waals surface area contributed by atoms with Gasteiger partial charge in [-0.2, -0.15) is 5.10 Å². The van der Waals surface area contributed by atoms with E-state index in [2.05, 4.69) is 10.4 Å². The largest absolute Gasteiger partial charge is 0.486 e. The third-order valence-electron chi connectivity index (χ3n) is 4.26. The minimum absolute atomic E-state index is 0.0884. The summed E-state index contributed by atoms with van der Waals surface area (Å²) in [4.78, 5) is 12.5. The van der Waals surface area contributed by atoms with Crippen molar-refractivity contribution in [1.82, 2.24) is 9.78 Å². The monoisotopic (exact) mass is 459 g/mol. The van der Waals surface area contributed by atoms with E-state index in [9.17, 15) is 9.18 Å². The Hall–Kier alpha value is -3.29. The number of benzene rings is 2. The van der Waals surface area contributed by atoms with Gasteiger partial charge in [0.15, 0.2) is 11.6 Å². The van der Waals surface area contributed by atoms with E-state index in [-0.39, 0.29) is 29.0 Å². The number of rotatable bonds is 7. The lowest BCUT2D eigenvalue weighted by molar-refractivity contribution is 0.0992. The fraction of sp³-hybridized carbons (Fsp3) is 0.0909. The molecule has 1 N–H and O–H groups in total. The molecule has 6 nitrogen and oxygen atoms in total. The normalized spacial score (nSPS) is 10.8. The van der Waals surface area contributed by atoms with Crippen LogP contribution in [0.2, 0.25) is 10.0 Å². The first-order valence-electron chi connectivity index (χ1n) is 9.22. The number of carbonyl (C=O) groups is 1. The Balaban J connectivity index is 1.37. The summed E-state index contributed by atoms with van der Waals surface area (Å²) in [5, 5.41) is 7.72. The number of ether oxygens (including phenoxy) is 1. The zero-order chi connectivity index (χ0) is 21.8. The fourth-order valence-corrected chi connectivity index (χ4v) is 3.14. The molecule has 0 aliphatic carbocycles. The molecule has 158 valence electrons. The summed E-state index contributed by atoms with van der Waals surface area (Å²) in [7, 11) is 0. The van der Waals surface area contributed by atoms with Crippen molar-refractivity contribution in [2.24, 2.45) is 0 Å². The molecule has 0 fully saturated rings. The molecule has 0 aliphatic rings. The Morgan fingerprint density at radius 2 is 1.94 bits per heavy atom. The fourth-order valence-electron chi connectivity index (χ4n) is 2.82. The molecule has 0 unspecified atom stereocenters. The molecule has 0 atom stereocenters. The molecule has 4 rings (SSSR count). The average molecular weight is 460 g/mol. The molecular weight excluding hydrogens is 444 g/mol. The van der Waals surface area contributed by atoms with Crippen LogP contribution >= 0.6 is 23.2 Å². The molecule has 9 heteroatoms. The van der Waals surface area contributed by atoms with E-state index in [0.717, 1.165) is 0 Å². The molecule has 4 aromatic rings. The standard InChI is InChI=1S/C22H16Cl2FN3O3/c23-15-4-6-17(7-5-15)30-13-18-8-9-20(31-18)22(29)26-21-19(24)12-28(27-21)11-14-2-1-3-16(25)10-14/h1-10,12H,11,13H2,(H,26,27,29). The molecule has 2 heterocycles. The molecule has 0 saturated heterocycles. The Morgan fingerprint density at radius 3 is 2.71 bits per heavy atom. The lowest BCUT2D eigenvalue weighted by Crippen LogP contribution is -2.12. The van der Waals surface area contributed by atoms with E-state index in [1.165, 1.54) is 22.9 Å². The van der Waals surface area contributed by atoms with Crippen LogP contribution < -0.4 is 10.1 Å². The molecule has 0 bridgehead atoms. The molecule has 2 aromatic heterocycles. The molecule has 0 radical (unpaired) electrons. The molecule has 0 aliphatic heterocycles. The van der Waals surface area contributed by atoms with Gasteiger partial charge in [0.05, 0.1) is 6.54 Å². The highest BCUT2D eigenvalue weighted by atomic mass is 35.5. The van der Waals surface area contributed by atoms with Crippen LogP contribution in [0.1, 0.15) is 21.9 Å². The maximum atomic E-state index is 13.3. The van der Waals surface area contributed by atoms with Crippen molar-refractivity contribution < 1.29 is 18.3 Å². The summed E-state index contributed by atoms with van der Waals surface area (Å²) in [6.07, 6.45) is 1.55. The van der Waals surface area contributed by atoms with Crippen molar-refractivity contribution in [3.8, 4) is 5.75 Å². The predicted octanol–water partition coefficient (Wildman–Crippen LogP) is 5.80. The number of amides is 1. The van der Waals surface area contributed by atoms with Gasteiger partial charge in [-0.05, 0) is 54.1 Å². The van der Waals surface area contributed by atoms with Crippen molar-refractivity contribution in [3.05, 3.63) is 99.8 Å². The predicted molar refractivity (Wildman–Crippen MR) is 115 cm³/mol. The highest BCUT2D eigenvalue weighted by Crippen LogP contribution is 2.22. The third kappa shape index (κ3) is 5.45. The van der Waals surface area contributed by atoms with Crippen LogP contribution in [0.15, 0.2) is 71.3 Å². The van der Waals surface area contributed by atoms with Crippen LogP contribution in [0.4, 0.5) is 10.2 Å². The van der Waals surface area contributed by atoms with Gasteiger partial charge in [-0.15, -0.1) is 0 Å². The first-order valence-corrected chi connectivity index (χ1v) is 9.98. The number of halogens is 3. The van der Waals surface area contributed by atoms with Crippen LogP contribution in [-0.2, 0) is 13.2 Å². The van der Waals surface area contributed by atoms with Gasteiger partial charge in [-0.1, -0.05) is 35.3 Å². The number of hydrogen-bond acceptors (Lipinski definition) is 4. The van der Waals surface area contributed by atoms with Gasteiger partial charge >= 0.3 is 0 Å². The summed E-state index contributed by atoms with van der Waals surface area (Å²) >= 11 is 12.0. The van der Waals surface area contributed by atoms with E-state index in [1.54, 1.807) is 48.7 Å². The highest BCUT2D eigenvalue weighted by molar-refractivity contribution is 6.33. The number of carbonyl (C=O) groups excluding carboxylic acids is 1. The maximum absolute atomic E-state index is 13.3. The van der Waals surface area contributed by atoms with Crippen molar-refractivity contribution in [1.29, 1.82) is 0 Å². The van der Waals surface area contributed by atoms with Crippen molar-refractivity contribution in [3.63, 3.8) is 0 Å². The van der Waals surface area contributed by atoms with Crippen LogP contribution in [0.3, 0.4) is 0 Å². The number of aromatic nitrogens is 2. The second kappa shape index (κ2) is 9.24. The van der Waals surface area contributed by atoms with Gasteiger partial charge in [-0.25, -0.2) is 4.39 Å². The molecule has 1 amide bonds. The number of furan rings is 1. The first-order chi connectivity index (χ1) is 15.0. The lowest BCUT2D eigenvalue weighted by atomic mass is 10.2. The van der Waals surface area contributed by atoms with E-state index in [1.807, 2.05) is 0 Å². The third-order valence-corrected chi connectivity index (χ3v) is 4.79. The molecule has 2 aromatic carbocycles. The van der Waals surface area contributed by atoms with Gasteiger partial charge in [0.2, 0.25) is 0 Å². The van der Waals surface area contributed by atoms with Gasteiger partial charge in [0.25, 0.3) is 5.91 Å². The zero-order valence-electron chi connectivity index (χ0n) is 16.0. The minimum Gasteiger partial charge on any atom is -0.486 e. The summed E-state index contributed by atoms with van der Waals surface area (Å²) in [5.41, 5.74) is 0.716. The van der Waals surface area contributed by atoms with E-state index >= 15 is 0 Å². The number of nitrogens with zero attached hydrogens (tertiary/aromatic N) is 2. The van der Waals surface area contributed by atoms with Crippen molar-refractivity contribution in [2.45, 2.75) is 13.2 Å². The van der Waals surface area contributed by atoms with Crippen LogP contribution in [0, 0.1) is 5.82 Å². The summed E-state index contributed by atoms with van der Waals surface area (Å²) in [6, 6.07) is 16.2. The first kappa shape index (κ1) is 21.0. The zero-order valence-corrected chi connectivity index (χ0v) is 17.5. The van der Waals surface area contributed by atoms with Crippen molar-refractivity contribution in [2.75, 3.05) is 5.32 Å². The Kier molecular flexibility index (Phi) is 6.25. The second-order valence-electron chi connectivity index (χ2n) is 6.62. The smallest absolute Gasteiger partial charge is 0.292 e. The molecule has 0 saturated carbocycles. The Morgan fingerprint density at radius 1 is 1.13 bits per heavy atom. The summed E-state index contributed by atoms with van der Waals surface area (Å²) in [5.74, 6) is 0.530. The Labute approximate surface area is 187 Å². The number of nitrogens with one attached hydrogen (secondary N) is 1. The topological polar surface area (TPSA) is 69.3 Å². The van der Waals surface area contributed by atoms with Crippen LogP contribution in [0.5, 0.6) is 5.75 Å². The lowest BCUT2D eigenvalue weighted by Gasteiger charge is -2.04. The molecule has 0 spiro atoms. The van der Waals surface area contributed by atoms with E-state index in [0.29, 0.717) is 28.6 Å². The van der Waals surface area contributed by atoms with Gasteiger partial charge < -0.3 is 14.5 Å². The maximum Gasteiger partial charge on any atom is 0.292 e. The van der Waals surface area contributed by atoms with Gasteiger partial charge in [0, 0.05) is 11.2 Å². The van der Waals surface area contributed by atoms with Crippen molar-refractivity contribution >= 4 is 34.9 Å². The molecule has 31 heavy (non-hydrogen) atoms. The van der Waals surface area contributed by atoms with Crippen LogP contribution in [-0.4, -0.2) is 15.7 Å².